The van der Waals surface area contributed by atoms with Crippen LogP contribution in [0.15, 0.2) is 24.3 Å². The maximum Gasteiger partial charge on any atom is 0.133 e. The second-order valence-electron chi connectivity index (χ2n) is 4.31. The molecule has 4 heteroatoms. The minimum Gasteiger partial charge on any atom is -0.322 e. The molecule has 0 radical (unpaired) electrons. The number of rotatable bonds is 4. The minimum absolute atomic E-state index is 0.0137. The predicted octanol–water partition coefficient (Wildman–Crippen LogP) is 2.65. The molecule has 1 heterocycles. The highest BCUT2D eigenvalue weighted by atomic mass is 32.1. The van der Waals surface area contributed by atoms with Gasteiger partial charge in [0.1, 0.15) is 10.0 Å². The van der Waals surface area contributed by atoms with Crippen molar-refractivity contribution in [3.63, 3.8) is 0 Å². The number of nitrogens with zero attached hydrogens (tertiary/aromatic N) is 2. The van der Waals surface area contributed by atoms with Crippen LogP contribution in [-0.4, -0.2) is 10.2 Å². The summed E-state index contributed by atoms with van der Waals surface area (Å²) < 4.78 is 0. The maximum absolute atomic E-state index is 5.76. The topological polar surface area (TPSA) is 51.8 Å². The van der Waals surface area contributed by atoms with E-state index in [0.29, 0.717) is 0 Å². The number of benzene rings is 1. The molecular formula is C13H17N3S. The summed E-state index contributed by atoms with van der Waals surface area (Å²) in [7, 11) is 0. The van der Waals surface area contributed by atoms with Crippen LogP contribution in [0.3, 0.4) is 0 Å². The molecule has 0 saturated carbocycles. The van der Waals surface area contributed by atoms with Gasteiger partial charge in [-0.3, -0.25) is 0 Å². The first-order valence-corrected chi connectivity index (χ1v) is 6.60. The van der Waals surface area contributed by atoms with Crippen LogP contribution in [0, 0.1) is 6.92 Å². The molecule has 2 N–H and O–H groups in total. The first-order chi connectivity index (χ1) is 8.15. The molecule has 2 aromatic rings. The summed E-state index contributed by atoms with van der Waals surface area (Å²) in [5.41, 5.74) is 8.41. The molecule has 1 unspecified atom stereocenters. The summed E-state index contributed by atoms with van der Waals surface area (Å²) in [4.78, 5) is 0. The van der Waals surface area contributed by atoms with E-state index >= 15 is 0 Å². The lowest BCUT2D eigenvalue weighted by Gasteiger charge is -2.00. The lowest BCUT2D eigenvalue weighted by atomic mass is 10.1. The Morgan fingerprint density at radius 1 is 1.29 bits per heavy atom. The van der Waals surface area contributed by atoms with Crippen LogP contribution in [0.5, 0.6) is 0 Å². The van der Waals surface area contributed by atoms with Crippen molar-refractivity contribution in [3.05, 3.63) is 45.4 Å². The van der Waals surface area contributed by atoms with Gasteiger partial charge in [0.25, 0.3) is 0 Å². The van der Waals surface area contributed by atoms with Crippen molar-refractivity contribution in [1.82, 2.24) is 10.2 Å². The van der Waals surface area contributed by atoms with Gasteiger partial charge in [0.15, 0.2) is 0 Å². The Morgan fingerprint density at radius 2 is 2.12 bits per heavy atom. The molecule has 0 aliphatic heterocycles. The second-order valence-corrected chi connectivity index (χ2v) is 5.41. The number of nitrogens with two attached hydrogens (primary N) is 1. The number of aromatic nitrogens is 2. The Kier molecular flexibility index (Phi) is 3.86. The van der Waals surface area contributed by atoms with Gasteiger partial charge in [-0.05, 0) is 25.8 Å². The molecule has 1 atom stereocenters. The molecular weight excluding hydrogens is 230 g/mol. The average molecular weight is 247 g/mol. The molecule has 90 valence electrons. The van der Waals surface area contributed by atoms with Gasteiger partial charge in [-0.2, -0.15) is 0 Å². The molecule has 17 heavy (non-hydrogen) atoms. The third-order valence-corrected chi connectivity index (χ3v) is 3.77. The Morgan fingerprint density at radius 3 is 2.76 bits per heavy atom. The quantitative estimate of drug-likeness (QED) is 0.903. The summed E-state index contributed by atoms with van der Waals surface area (Å²) in [5, 5.41) is 10.2. The van der Waals surface area contributed by atoms with Gasteiger partial charge in [0.2, 0.25) is 0 Å². The lowest BCUT2D eigenvalue weighted by molar-refractivity contribution is 0.779. The molecule has 0 bridgehead atoms. The van der Waals surface area contributed by atoms with E-state index in [1.54, 1.807) is 11.3 Å². The van der Waals surface area contributed by atoms with Gasteiger partial charge in [-0.1, -0.05) is 41.2 Å². The number of hydrogen-bond acceptors (Lipinski definition) is 4. The van der Waals surface area contributed by atoms with Crippen LogP contribution in [0.1, 0.15) is 34.1 Å². The summed E-state index contributed by atoms with van der Waals surface area (Å²) in [5.74, 6) is 0. The first-order valence-electron chi connectivity index (χ1n) is 5.78. The van der Waals surface area contributed by atoms with Crippen molar-refractivity contribution in [2.24, 2.45) is 5.73 Å². The van der Waals surface area contributed by atoms with Crippen molar-refractivity contribution in [2.75, 3.05) is 0 Å². The van der Waals surface area contributed by atoms with Crippen LogP contribution in [0.4, 0.5) is 0 Å². The minimum atomic E-state index is -0.0137. The fraction of sp³-hybridized carbons (Fsp3) is 0.385. The van der Waals surface area contributed by atoms with E-state index in [2.05, 4.69) is 41.4 Å². The SMILES string of the molecule is Cc1cccc(CCc2nnc(C(C)N)s2)c1. The summed E-state index contributed by atoms with van der Waals surface area (Å²) in [6.45, 7) is 4.05. The Labute approximate surface area is 106 Å². The Bertz CT molecular complexity index is 491. The molecule has 3 nitrogen and oxygen atoms in total. The molecule has 0 amide bonds. The molecule has 0 spiro atoms. The third-order valence-electron chi connectivity index (χ3n) is 2.58. The van der Waals surface area contributed by atoms with Gasteiger partial charge in [0.05, 0.1) is 6.04 Å². The first kappa shape index (κ1) is 12.2. The summed E-state index contributed by atoms with van der Waals surface area (Å²) >= 11 is 1.62. The van der Waals surface area contributed by atoms with Crippen LogP contribution in [-0.2, 0) is 12.8 Å². The molecule has 1 aromatic heterocycles. The van der Waals surface area contributed by atoms with Gasteiger partial charge >= 0.3 is 0 Å². The highest BCUT2D eigenvalue weighted by molar-refractivity contribution is 7.11. The average Bonchev–Trinajstić information content (AvgIpc) is 2.75. The van der Waals surface area contributed by atoms with Crippen molar-refractivity contribution >= 4 is 11.3 Å². The van der Waals surface area contributed by atoms with E-state index in [0.717, 1.165) is 22.9 Å². The zero-order valence-electron chi connectivity index (χ0n) is 10.2. The van der Waals surface area contributed by atoms with Crippen molar-refractivity contribution in [3.8, 4) is 0 Å². The van der Waals surface area contributed by atoms with Crippen LogP contribution >= 0.6 is 11.3 Å². The van der Waals surface area contributed by atoms with E-state index in [4.69, 9.17) is 5.73 Å². The zero-order chi connectivity index (χ0) is 12.3. The molecule has 0 aliphatic rings. The van der Waals surface area contributed by atoms with E-state index < -0.39 is 0 Å². The maximum atomic E-state index is 5.76. The summed E-state index contributed by atoms with van der Waals surface area (Å²) in [6, 6.07) is 8.56. The number of hydrogen-bond donors (Lipinski definition) is 1. The molecule has 0 aliphatic carbocycles. The highest BCUT2D eigenvalue weighted by Gasteiger charge is 2.07. The van der Waals surface area contributed by atoms with Gasteiger partial charge in [-0.25, -0.2) is 0 Å². The predicted molar refractivity (Wildman–Crippen MR) is 71.1 cm³/mol. The Balaban J connectivity index is 1.97. The number of aryl methyl sites for hydroxylation is 3. The third kappa shape index (κ3) is 3.35. The fourth-order valence-corrected chi connectivity index (χ4v) is 2.47. The van der Waals surface area contributed by atoms with Crippen LogP contribution in [0.2, 0.25) is 0 Å². The van der Waals surface area contributed by atoms with E-state index in [-0.39, 0.29) is 6.04 Å². The largest absolute Gasteiger partial charge is 0.322 e. The van der Waals surface area contributed by atoms with Crippen LogP contribution in [0.25, 0.3) is 0 Å². The van der Waals surface area contributed by atoms with Crippen molar-refractivity contribution in [1.29, 1.82) is 0 Å². The van der Waals surface area contributed by atoms with E-state index in [9.17, 15) is 0 Å². The smallest absolute Gasteiger partial charge is 0.133 e. The van der Waals surface area contributed by atoms with E-state index in [1.165, 1.54) is 11.1 Å². The van der Waals surface area contributed by atoms with Crippen LogP contribution < -0.4 is 5.73 Å². The Hall–Kier alpha value is -1.26. The molecule has 1 aromatic carbocycles. The molecule has 0 saturated heterocycles. The monoisotopic (exact) mass is 247 g/mol. The molecule has 0 fully saturated rings. The van der Waals surface area contributed by atoms with Gasteiger partial charge in [0, 0.05) is 6.42 Å². The second kappa shape index (κ2) is 5.38. The van der Waals surface area contributed by atoms with Gasteiger partial charge in [-0.15, -0.1) is 10.2 Å². The molecule has 2 rings (SSSR count). The van der Waals surface area contributed by atoms with Gasteiger partial charge < -0.3 is 5.73 Å². The highest BCUT2D eigenvalue weighted by Crippen LogP contribution is 2.17. The fourth-order valence-electron chi connectivity index (χ4n) is 1.67. The normalized spacial score (nSPS) is 12.6. The van der Waals surface area contributed by atoms with E-state index in [1.807, 2.05) is 6.92 Å². The summed E-state index contributed by atoms with van der Waals surface area (Å²) in [6.07, 6.45) is 1.95. The standard InChI is InChI=1S/C13H17N3S/c1-9-4-3-5-11(8-9)6-7-12-15-16-13(17-12)10(2)14/h3-5,8,10H,6-7,14H2,1-2H3. The van der Waals surface area contributed by atoms with Crippen molar-refractivity contribution in [2.45, 2.75) is 32.7 Å². The zero-order valence-corrected chi connectivity index (χ0v) is 11.0. The van der Waals surface area contributed by atoms with Crippen molar-refractivity contribution < 1.29 is 0 Å². The lowest BCUT2D eigenvalue weighted by Crippen LogP contribution is -2.03.